The topological polar surface area (TPSA) is 81.7 Å². The first kappa shape index (κ1) is 19.2. The molecule has 2 rings (SSSR count). The van der Waals surface area contributed by atoms with E-state index in [4.69, 9.17) is 9.47 Å². The molecule has 6 nitrogen and oxygen atoms in total. The van der Waals surface area contributed by atoms with Gasteiger partial charge in [0.15, 0.2) is 0 Å². The van der Waals surface area contributed by atoms with E-state index in [0.29, 0.717) is 11.3 Å². The van der Waals surface area contributed by atoms with Gasteiger partial charge in [0.1, 0.15) is 13.2 Å². The van der Waals surface area contributed by atoms with Crippen LogP contribution in [0.15, 0.2) is 54.6 Å². The molecular formula is C20H21NO5. The molecule has 0 aliphatic heterocycles. The molecule has 0 spiro atoms. The number of anilines is 1. The molecule has 0 aromatic heterocycles. The van der Waals surface area contributed by atoms with Gasteiger partial charge in [-0.1, -0.05) is 30.3 Å². The highest BCUT2D eigenvalue weighted by Gasteiger charge is 2.16. The molecule has 0 saturated heterocycles. The minimum Gasteiger partial charge on any atom is -0.465 e. The number of hydrogen-bond donors (Lipinski definition) is 1. The van der Waals surface area contributed by atoms with Crippen molar-refractivity contribution in [1.82, 2.24) is 0 Å². The van der Waals surface area contributed by atoms with Gasteiger partial charge in [0, 0.05) is 25.1 Å². The average Bonchev–Trinajstić information content (AvgIpc) is 2.63. The summed E-state index contributed by atoms with van der Waals surface area (Å²) in [5.74, 6) is -1.27. The third-order valence-corrected chi connectivity index (χ3v) is 3.65. The summed E-state index contributed by atoms with van der Waals surface area (Å²) in [7, 11) is 0. The number of esters is 2. The van der Waals surface area contributed by atoms with E-state index in [9.17, 15) is 14.4 Å². The lowest BCUT2D eigenvalue weighted by atomic mass is 10.0. The van der Waals surface area contributed by atoms with Crippen LogP contribution in [-0.2, 0) is 19.1 Å². The lowest BCUT2D eigenvalue weighted by Gasteiger charge is -2.17. The average molecular weight is 355 g/mol. The molecule has 0 radical (unpaired) electrons. The summed E-state index contributed by atoms with van der Waals surface area (Å²) in [5.41, 5.74) is 2.05. The number of carbonyl (C=O) groups is 3. The Morgan fingerprint density at radius 3 is 1.88 bits per heavy atom. The van der Waals surface area contributed by atoms with Gasteiger partial charge in [-0.2, -0.15) is 0 Å². The molecule has 0 atom stereocenters. The van der Waals surface area contributed by atoms with Crippen molar-refractivity contribution in [2.75, 3.05) is 18.5 Å². The number of rotatable bonds is 7. The number of carbonyl (C=O) groups excluding carboxylic acids is 3. The second-order valence-corrected chi connectivity index (χ2v) is 5.74. The van der Waals surface area contributed by atoms with E-state index in [2.05, 4.69) is 5.32 Å². The highest BCUT2D eigenvalue weighted by molar-refractivity contribution is 6.04. The molecule has 1 N–H and O–H groups in total. The van der Waals surface area contributed by atoms with E-state index >= 15 is 0 Å². The molecular weight excluding hydrogens is 334 g/mol. The van der Waals surface area contributed by atoms with Gasteiger partial charge in [0.2, 0.25) is 0 Å². The van der Waals surface area contributed by atoms with Gasteiger partial charge in [0.25, 0.3) is 5.91 Å². The summed E-state index contributed by atoms with van der Waals surface area (Å²) in [4.78, 5) is 34.3. The largest absolute Gasteiger partial charge is 0.465 e. The number of ether oxygens (including phenoxy) is 2. The molecule has 0 unspecified atom stereocenters. The zero-order valence-corrected chi connectivity index (χ0v) is 14.7. The Kier molecular flexibility index (Phi) is 6.91. The summed E-state index contributed by atoms with van der Waals surface area (Å²) >= 11 is 0. The molecule has 6 heteroatoms. The van der Waals surface area contributed by atoms with Crippen molar-refractivity contribution in [3.8, 4) is 0 Å². The summed E-state index contributed by atoms with van der Waals surface area (Å²) in [6.45, 7) is 2.87. The maximum Gasteiger partial charge on any atom is 0.302 e. The molecule has 0 aliphatic carbocycles. The predicted octanol–water partition coefficient (Wildman–Crippen LogP) is 3.15. The van der Waals surface area contributed by atoms with E-state index in [-0.39, 0.29) is 25.0 Å². The standard InChI is InChI=1S/C20H21NO5/c1-14(22)25-12-18(13-26-15(2)23)16-8-10-19(11-9-16)21-20(24)17-6-4-3-5-7-17/h3-11,18H,12-13H2,1-2H3,(H,21,24). The highest BCUT2D eigenvalue weighted by Crippen LogP contribution is 2.20. The fourth-order valence-corrected chi connectivity index (χ4v) is 2.31. The normalized spacial score (nSPS) is 10.3. The quantitative estimate of drug-likeness (QED) is 0.772. The monoisotopic (exact) mass is 355 g/mol. The minimum absolute atomic E-state index is 0.109. The number of benzene rings is 2. The van der Waals surface area contributed by atoms with Gasteiger partial charge in [-0.3, -0.25) is 14.4 Å². The first-order valence-electron chi connectivity index (χ1n) is 8.19. The zero-order valence-electron chi connectivity index (χ0n) is 14.7. The maximum absolute atomic E-state index is 12.2. The van der Waals surface area contributed by atoms with Crippen LogP contribution in [0.4, 0.5) is 5.69 Å². The summed E-state index contributed by atoms with van der Waals surface area (Å²) < 4.78 is 10.1. The van der Waals surface area contributed by atoms with E-state index in [1.165, 1.54) is 13.8 Å². The highest BCUT2D eigenvalue weighted by atomic mass is 16.5. The van der Waals surface area contributed by atoms with Crippen molar-refractivity contribution in [1.29, 1.82) is 0 Å². The van der Waals surface area contributed by atoms with Gasteiger partial charge in [0.05, 0.1) is 5.92 Å². The second kappa shape index (κ2) is 9.36. The summed E-state index contributed by atoms with van der Waals surface area (Å²) in [6, 6.07) is 16.0. The Morgan fingerprint density at radius 1 is 0.846 bits per heavy atom. The smallest absolute Gasteiger partial charge is 0.302 e. The van der Waals surface area contributed by atoms with Crippen LogP contribution in [0.2, 0.25) is 0 Å². The van der Waals surface area contributed by atoms with Crippen molar-refractivity contribution in [3.63, 3.8) is 0 Å². The Bertz CT molecular complexity index is 738. The SMILES string of the molecule is CC(=O)OCC(COC(C)=O)c1ccc(NC(=O)c2ccccc2)cc1. The van der Waals surface area contributed by atoms with Crippen LogP contribution in [0.25, 0.3) is 0 Å². The molecule has 2 aromatic rings. The summed E-state index contributed by atoms with van der Waals surface area (Å²) in [6.07, 6.45) is 0. The van der Waals surface area contributed by atoms with Crippen LogP contribution in [-0.4, -0.2) is 31.1 Å². The molecule has 2 aromatic carbocycles. The van der Waals surface area contributed by atoms with Gasteiger partial charge in [-0.05, 0) is 29.8 Å². The third kappa shape index (κ3) is 6.05. The zero-order chi connectivity index (χ0) is 18.9. The number of hydrogen-bond acceptors (Lipinski definition) is 5. The van der Waals surface area contributed by atoms with E-state index in [1.807, 2.05) is 6.07 Å². The number of nitrogens with one attached hydrogen (secondary N) is 1. The maximum atomic E-state index is 12.2. The van der Waals surface area contributed by atoms with Crippen molar-refractivity contribution in [2.45, 2.75) is 19.8 Å². The van der Waals surface area contributed by atoms with Crippen LogP contribution in [0.5, 0.6) is 0 Å². The fourth-order valence-electron chi connectivity index (χ4n) is 2.31. The van der Waals surface area contributed by atoms with Crippen molar-refractivity contribution in [2.24, 2.45) is 0 Å². The van der Waals surface area contributed by atoms with E-state index in [1.54, 1.807) is 48.5 Å². The molecule has 0 saturated carbocycles. The molecule has 1 amide bonds. The third-order valence-electron chi connectivity index (χ3n) is 3.65. The molecule has 0 aliphatic rings. The minimum atomic E-state index is -0.399. The van der Waals surface area contributed by atoms with Crippen LogP contribution in [0.1, 0.15) is 35.7 Å². The molecule has 0 fully saturated rings. The Hall–Kier alpha value is -3.15. The van der Waals surface area contributed by atoms with Gasteiger partial charge in [-0.15, -0.1) is 0 Å². The fraction of sp³-hybridized carbons (Fsp3) is 0.250. The Balaban J connectivity index is 2.05. The van der Waals surface area contributed by atoms with Crippen molar-refractivity contribution < 1.29 is 23.9 Å². The van der Waals surface area contributed by atoms with Crippen LogP contribution in [0.3, 0.4) is 0 Å². The number of amides is 1. The van der Waals surface area contributed by atoms with E-state index in [0.717, 1.165) is 5.56 Å². The lowest BCUT2D eigenvalue weighted by molar-refractivity contribution is -0.144. The van der Waals surface area contributed by atoms with Crippen molar-refractivity contribution in [3.05, 3.63) is 65.7 Å². The van der Waals surface area contributed by atoms with Crippen LogP contribution >= 0.6 is 0 Å². The second-order valence-electron chi connectivity index (χ2n) is 5.74. The van der Waals surface area contributed by atoms with Crippen LogP contribution < -0.4 is 5.32 Å². The lowest BCUT2D eigenvalue weighted by Crippen LogP contribution is -2.18. The summed E-state index contributed by atoms with van der Waals surface area (Å²) in [5, 5.41) is 2.82. The van der Waals surface area contributed by atoms with E-state index < -0.39 is 11.9 Å². The molecule has 0 bridgehead atoms. The Morgan fingerprint density at radius 2 is 1.38 bits per heavy atom. The molecule has 0 heterocycles. The first-order valence-corrected chi connectivity index (χ1v) is 8.19. The Labute approximate surface area is 152 Å². The van der Waals surface area contributed by atoms with Crippen LogP contribution in [0, 0.1) is 0 Å². The predicted molar refractivity (Wildman–Crippen MR) is 96.8 cm³/mol. The van der Waals surface area contributed by atoms with Gasteiger partial charge < -0.3 is 14.8 Å². The van der Waals surface area contributed by atoms with Gasteiger partial charge in [-0.25, -0.2) is 0 Å². The molecule has 26 heavy (non-hydrogen) atoms. The molecule has 136 valence electrons. The van der Waals surface area contributed by atoms with Crippen molar-refractivity contribution >= 4 is 23.5 Å². The van der Waals surface area contributed by atoms with Gasteiger partial charge >= 0.3 is 11.9 Å². The first-order chi connectivity index (χ1) is 12.5.